The molecule has 0 aromatic heterocycles. The molecule has 0 saturated heterocycles. The third-order valence-electron chi connectivity index (χ3n) is 2.10. The Bertz CT molecular complexity index is 478. The fourth-order valence-electron chi connectivity index (χ4n) is 1.33. The van der Waals surface area contributed by atoms with Crippen LogP contribution < -0.4 is 4.74 Å². The van der Waals surface area contributed by atoms with Crippen molar-refractivity contribution in [1.29, 1.82) is 0 Å². The second-order valence-electron chi connectivity index (χ2n) is 5.02. The van der Waals surface area contributed by atoms with Gasteiger partial charge in [-0.05, 0) is 33.8 Å². The monoisotopic (exact) mass is 267 g/mol. The molecule has 0 N–H and O–H groups in total. The molecule has 1 atom stereocenters. The van der Waals surface area contributed by atoms with E-state index in [0.717, 1.165) is 0 Å². The Balaban J connectivity index is 2.80. The molecule has 0 aliphatic heterocycles. The number of esters is 1. The van der Waals surface area contributed by atoms with Gasteiger partial charge in [0.1, 0.15) is 5.60 Å². The van der Waals surface area contributed by atoms with Crippen LogP contribution in [0.2, 0.25) is 0 Å². The van der Waals surface area contributed by atoms with Crippen molar-refractivity contribution in [3.8, 4) is 5.75 Å². The highest BCUT2D eigenvalue weighted by atomic mass is 16.6. The molecule has 0 radical (unpaired) electrons. The molecule has 1 aromatic carbocycles. The zero-order valence-corrected chi connectivity index (χ0v) is 11.4. The lowest BCUT2D eigenvalue weighted by molar-refractivity contribution is -0.386. The van der Waals surface area contributed by atoms with Gasteiger partial charge in [-0.25, -0.2) is 4.79 Å². The Morgan fingerprint density at radius 1 is 1.32 bits per heavy atom. The highest BCUT2D eigenvalue weighted by Crippen LogP contribution is 2.27. The van der Waals surface area contributed by atoms with Crippen molar-refractivity contribution in [2.75, 3.05) is 0 Å². The van der Waals surface area contributed by atoms with Crippen molar-refractivity contribution in [3.05, 3.63) is 34.4 Å². The third-order valence-corrected chi connectivity index (χ3v) is 2.10. The number of nitro groups is 1. The number of ether oxygens (including phenoxy) is 2. The van der Waals surface area contributed by atoms with E-state index >= 15 is 0 Å². The van der Waals surface area contributed by atoms with Crippen LogP contribution >= 0.6 is 0 Å². The number of carbonyl (C=O) groups is 1. The van der Waals surface area contributed by atoms with Crippen LogP contribution in [0, 0.1) is 10.1 Å². The highest BCUT2D eigenvalue weighted by Gasteiger charge is 2.25. The molecule has 6 nitrogen and oxygen atoms in total. The van der Waals surface area contributed by atoms with Crippen LogP contribution in [0.5, 0.6) is 5.75 Å². The maximum absolute atomic E-state index is 11.7. The summed E-state index contributed by atoms with van der Waals surface area (Å²) in [4.78, 5) is 22.0. The van der Waals surface area contributed by atoms with Crippen molar-refractivity contribution >= 4 is 11.7 Å². The van der Waals surface area contributed by atoms with Gasteiger partial charge in [-0.3, -0.25) is 10.1 Å². The van der Waals surface area contributed by atoms with Crippen molar-refractivity contribution < 1.29 is 19.2 Å². The lowest BCUT2D eigenvalue weighted by Gasteiger charge is -2.22. The van der Waals surface area contributed by atoms with Gasteiger partial charge in [-0.2, -0.15) is 0 Å². The van der Waals surface area contributed by atoms with Crippen molar-refractivity contribution in [2.45, 2.75) is 39.4 Å². The van der Waals surface area contributed by atoms with E-state index in [1.807, 2.05) is 0 Å². The number of para-hydroxylation sites is 2. The minimum absolute atomic E-state index is 0.0471. The Hall–Kier alpha value is -2.11. The molecule has 104 valence electrons. The molecule has 0 saturated carbocycles. The summed E-state index contributed by atoms with van der Waals surface area (Å²) in [6.45, 7) is 6.71. The van der Waals surface area contributed by atoms with Gasteiger partial charge in [-0.15, -0.1) is 0 Å². The fourth-order valence-corrected chi connectivity index (χ4v) is 1.33. The minimum Gasteiger partial charge on any atom is -0.472 e. The zero-order valence-electron chi connectivity index (χ0n) is 11.4. The van der Waals surface area contributed by atoms with E-state index < -0.39 is 22.6 Å². The number of carbonyl (C=O) groups excluding carboxylic acids is 1. The SMILES string of the molecule is CC(Oc1ccccc1[N+](=O)[O-])C(=O)OC(C)(C)C. The van der Waals surface area contributed by atoms with Crippen molar-refractivity contribution in [1.82, 2.24) is 0 Å². The molecule has 1 rings (SSSR count). The lowest BCUT2D eigenvalue weighted by Crippen LogP contribution is -2.33. The number of nitrogens with zero attached hydrogens (tertiary/aromatic N) is 1. The van der Waals surface area contributed by atoms with Crippen LogP contribution in [0.3, 0.4) is 0 Å². The maximum Gasteiger partial charge on any atom is 0.347 e. The lowest BCUT2D eigenvalue weighted by atomic mass is 10.2. The van der Waals surface area contributed by atoms with Gasteiger partial charge < -0.3 is 9.47 Å². The van der Waals surface area contributed by atoms with E-state index in [1.165, 1.54) is 25.1 Å². The first-order valence-corrected chi connectivity index (χ1v) is 5.83. The molecule has 0 heterocycles. The first-order valence-electron chi connectivity index (χ1n) is 5.83. The highest BCUT2D eigenvalue weighted by molar-refractivity contribution is 5.75. The standard InChI is InChI=1S/C13H17NO5/c1-9(12(15)19-13(2,3)4)18-11-8-6-5-7-10(11)14(16)17/h5-9H,1-4H3. The number of rotatable bonds is 4. The summed E-state index contributed by atoms with van der Waals surface area (Å²) >= 11 is 0. The molecular formula is C13H17NO5. The second-order valence-corrected chi connectivity index (χ2v) is 5.02. The zero-order chi connectivity index (χ0) is 14.6. The van der Waals surface area contributed by atoms with Crippen LogP contribution in [0.15, 0.2) is 24.3 Å². The predicted molar refractivity (Wildman–Crippen MR) is 69.0 cm³/mol. The van der Waals surface area contributed by atoms with Gasteiger partial charge in [-0.1, -0.05) is 12.1 Å². The van der Waals surface area contributed by atoms with E-state index in [9.17, 15) is 14.9 Å². The van der Waals surface area contributed by atoms with Crippen molar-refractivity contribution in [2.24, 2.45) is 0 Å². The molecule has 0 spiro atoms. The molecule has 0 aliphatic rings. The smallest absolute Gasteiger partial charge is 0.347 e. The van der Waals surface area contributed by atoms with Gasteiger partial charge in [0.2, 0.25) is 0 Å². The topological polar surface area (TPSA) is 78.7 Å². The maximum atomic E-state index is 11.7. The largest absolute Gasteiger partial charge is 0.472 e. The van der Waals surface area contributed by atoms with Crippen LogP contribution in [0.1, 0.15) is 27.7 Å². The number of hydrogen-bond acceptors (Lipinski definition) is 5. The average Bonchev–Trinajstić information content (AvgIpc) is 2.27. The molecule has 1 unspecified atom stereocenters. The summed E-state index contributed by atoms with van der Waals surface area (Å²) in [6, 6.07) is 5.89. The van der Waals surface area contributed by atoms with Gasteiger partial charge in [0, 0.05) is 6.07 Å². The molecule has 0 bridgehead atoms. The van der Waals surface area contributed by atoms with Gasteiger partial charge in [0.05, 0.1) is 4.92 Å². The van der Waals surface area contributed by atoms with Gasteiger partial charge in [0.15, 0.2) is 11.9 Å². The summed E-state index contributed by atoms with van der Waals surface area (Å²) in [7, 11) is 0. The van der Waals surface area contributed by atoms with Crippen molar-refractivity contribution in [3.63, 3.8) is 0 Å². The van der Waals surface area contributed by atoms with E-state index in [4.69, 9.17) is 9.47 Å². The van der Waals surface area contributed by atoms with E-state index in [-0.39, 0.29) is 11.4 Å². The molecule has 0 aliphatic carbocycles. The molecular weight excluding hydrogens is 250 g/mol. The van der Waals surface area contributed by atoms with Crippen LogP contribution in [-0.4, -0.2) is 22.6 Å². The average molecular weight is 267 g/mol. The van der Waals surface area contributed by atoms with E-state index in [0.29, 0.717) is 0 Å². The summed E-state index contributed by atoms with van der Waals surface area (Å²) in [5, 5.41) is 10.8. The Kier molecular flexibility index (Phi) is 4.47. The fraction of sp³-hybridized carbons (Fsp3) is 0.462. The predicted octanol–water partition coefficient (Wildman–Crippen LogP) is 2.70. The van der Waals surface area contributed by atoms with Gasteiger partial charge in [0.25, 0.3) is 0 Å². The normalized spacial score (nSPS) is 12.6. The molecule has 1 aromatic rings. The second kappa shape index (κ2) is 5.69. The van der Waals surface area contributed by atoms with Crippen LogP contribution in [0.4, 0.5) is 5.69 Å². The molecule has 0 fully saturated rings. The Morgan fingerprint density at radius 3 is 2.42 bits per heavy atom. The van der Waals surface area contributed by atoms with E-state index in [2.05, 4.69) is 0 Å². The molecule has 6 heteroatoms. The third kappa shape index (κ3) is 4.57. The van der Waals surface area contributed by atoms with Crippen LogP contribution in [-0.2, 0) is 9.53 Å². The Labute approximate surface area is 111 Å². The summed E-state index contributed by atoms with van der Waals surface area (Å²) in [5.74, 6) is -0.517. The Morgan fingerprint density at radius 2 is 1.89 bits per heavy atom. The molecule has 0 amide bonds. The first kappa shape index (κ1) is 14.9. The summed E-state index contributed by atoms with van der Waals surface area (Å²) in [6.07, 6.45) is -0.916. The number of hydrogen-bond donors (Lipinski definition) is 0. The quantitative estimate of drug-likeness (QED) is 0.476. The van der Waals surface area contributed by atoms with Crippen LogP contribution in [0.25, 0.3) is 0 Å². The minimum atomic E-state index is -0.916. The molecule has 19 heavy (non-hydrogen) atoms. The number of nitro benzene ring substituents is 1. The van der Waals surface area contributed by atoms with Gasteiger partial charge >= 0.3 is 11.7 Å². The first-order chi connectivity index (χ1) is 8.70. The number of benzene rings is 1. The van der Waals surface area contributed by atoms with E-state index in [1.54, 1.807) is 26.8 Å². The summed E-state index contributed by atoms with van der Waals surface area (Å²) in [5.41, 5.74) is -0.810. The summed E-state index contributed by atoms with van der Waals surface area (Å²) < 4.78 is 10.4.